The van der Waals surface area contributed by atoms with Crippen LogP contribution in [-0.4, -0.2) is 51.2 Å². The van der Waals surface area contributed by atoms with Gasteiger partial charge >= 0.3 is 6.01 Å². The minimum atomic E-state index is -0.902. The Labute approximate surface area is 208 Å². The van der Waals surface area contributed by atoms with Crippen LogP contribution in [0.15, 0.2) is 24.3 Å². The predicted octanol–water partition coefficient (Wildman–Crippen LogP) is 4.27. The van der Waals surface area contributed by atoms with Gasteiger partial charge in [-0.05, 0) is 30.0 Å². The molecule has 3 heterocycles. The molecule has 1 saturated heterocycles. The fraction of sp³-hybridized carbons (Fsp3) is 0.200. The van der Waals surface area contributed by atoms with Crippen molar-refractivity contribution in [3.8, 4) is 41.2 Å². The van der Waals surface area contributed by atoms with Gasteiger partial charge < -0.3 is 19.9 Å². The third kappa shape index (κ3) is 3.79. The number of fused-ring (bicyclic) bond motifs is 2. The van der Waals surface area contributed by atoms with E-state index in [1.54, 1.807) is 0 Å². The highest BCUT2D eigenvalue weighted by Gasteiger charge is 2.29. The first-order valence-electron chi connectivity index (χ1n) is 10.7. The van der Waals surface area contributed by atoms with Crippen LogP contribution >= 0.6 is 11.8 Å². The molecular formula is C25H18F2N4O4S. The van der Waals surface area contributed by atoms with Crippen LogP contribution in [0.2, 0.25) is 0 Å². The summed E-state index contributed by atoms with van der Waals surface area (Å²) in [6.45, 7) is 0. The van der Waals surface area contributed by atoms with Crippen LogP contribution in [0.4, 0.5) is 14.6 Å². The van der Waals surface area contributed by atoms with E-state index in [9.17, 15) is 14.3 Å². The zero-order chi connectivity index (χ0) is 25.6. The number of thioether (sulfide) groups is 1. The molecular weight excluding hydrogens is 490 g/mol. The Kier molecular flexibility index (Phi) is 5.97. The molecule has 1 atom stereocenters. The third-order valence-electron chi connectivity index (χ3n) is 5.80. The van der Waals surface area contributed by atoms with E-state index in [2.05, 4.69) is 26.2 Å². The number of terminal acetylenes is 1. The lowest BCUT2D eigenvalue weighted by Crippen LogP contribution is -2.24. The number of aromatic nitrogens is 3. The van der Waals surface area contributed by atoms with Crippen LogP contribution in [0, 0.1) is 24.0 Å². The molecule has 2 aromatic carbocycles. The van der Waals surface area contributed by atoms with E-state index in [1.165, 1.54) is 50.2 Å². The molecule has 36 heavy (non-hydrogen) atoms. The first-order valence-corrected chi connectivity index (χ1v) is 11.7. The maximum Gasteiger partial charge on any atom is 0.318 e. The molecule has 1 aliphatic heterocycles. The Morgan fingerprint density at radius 1 is 1.17 bits per heavy atom. The largest absolute Gasteiger partial charge is 0.508 e. The van der Waals surface area contributed by atoms with Gasteiger partial charge in [0.1, 0.15) is 34.0 Å². The van der Waals surface area contributed by atoms with Crippen molar-refractivity contribution in [2.24, 2.45) is 0 Å². The van der Waals surface area contributed by atoms with Gasteiger partial charge in [-0.2, -0.15) is 9.97 Å². The van der Waals surface area contributed by atoms with E-state index in [1.807, 2.05) is 0 Å². The highest BCUT2D eigenvalue weighted by Crippen LogP contribution is 2.41. The average Bonchev–Trinajstić information content (AvgIpc) is 3.28. The van der Waals surface area contributed by atoms with Gasteiger partial charge in [-0.3, -0.25) is 4.79 Å². The number of carbonyl (C=O) groups is 1. The van der Waals surface area contributed by atoms with E-state index in [0.29, 0.717) is 17.6 Å². The number of nitrogens with one attached hydrogen (secondary N) is 1. The van der Waals surface area contributed by atoms with Gasteiger partial charge in [0.25, 0.3) is 0 Å². The summed E-state index contributed by atoms with van der Waals surface area (Å²) in [7, 11) is 2.66. The van der Waals surface area contributed by atoms with Crippen molar-refractivity contribution in [2.45, 2.75) is 12.5 Å². The molecule has 0 saturated carbocycles. The summed E-state index contributed by atoms with van der Waals surface area (Å²) in [4.78, 5) is 25.0. The summed E-state index contributed by atoms with van der Waals surface area (Å²) in [6.07, 6.45) is 6.13. The summed E-state index contributed by atoms with van der Waals surface area (Å²) < 4.78 is 41.4. The molecule has 1 aliphatic rings. The van der Waals surface area contributed by atoms with E-state index in [-0.39, 0.29) is 61.7 Å². The Hall–Kier alpha value is -4.17. The lowest BCUT2D eigenvalue weighted by atomic mass is 9.95. The number of carbonyl (C=O) groups excluding carboxylic acids is 1. The number of pyridine rings is 1. The van der Waals surface area contributed by atoms with Crippen molar-refractivity contribution >= 4 is 44.4 Å². The predicted molar refractivity (Wildman–Crippen MR) is 132 cm³/mol. The summed E-state index contributed by atoms with van der Waals surface area (Å²) in [5.41, 5.74) is -0.548. The molecule has 5 rings (SSSR count). The minimum Gasteiger partial charge on any atom is -0.508 e. The summed E-state index contributed by atoms with van der Waals surface area (Å²) in [5.74, 6) is 1.21. The molecule has 0 aliphatic carbocycles. The first-order chi connectivity index (χ1) is 17.4. The van der Waals surface area contributed by atoms with Gasteiger partial charge in [-0.1, -0.05) is 23.7 Å². The monoisotopic (exact) mass is 508 g/mol. The van der Waals surface area contributed by atoms with E-state index in [4.69, 9.17) is 15.9 Å². The van der Waals surface area contributed by atoms with E-state index in [0.717, 1.165) is 0 Å². The molecule has 0 bridgehead atoms. The molecule has 2 N–H and O–H groups in total. The number of hydrogen-bond donors (Lipinski definition) is 2. The van der Waals surface area contributed by atoms with Gasteiger partial charge in [0.05, 0.1) is 25.8 Å². The number of aromatic hydroxyl groups is 1. The van der Waals surface area contributed by atoms with Gasteiger partial charge in [0, 0.05) is 16.7 Å². The topological polar surface area (TPSA) is 106 Å². The molecule has 11 heteroatoms. The van der Waals surface area contributed by atoms with Crippen molar-refractivity contribution < 1.29 is 28.2 Å². The molecule has 8 nitrogen and oxygen atoms in total. The fourth-order valence-corrected chi connectivity index (χ4v) is 5.12. The van der Waals surface area contributed by atoms with Crippen LogP contribution < -0.4 is 14.8 Å². The second kappa shape index (κ2) is 9.13. The van der Waals surface area contributed by atoms with Gasteiger partial charge in [0.2, 0.25) is 11.0 Å². The highest BCUT2D eigenvalue weighted by molar-refractivity contribution is 8.14. The van der Waals surface area contributed by atoms with Crippen molar-refractivity contribution in [1.29, 1.82) is 0 Å². The van der Waals surface area contributed by atoms with E-state index < -0.39 is 17.7 Å². The molecule has 1 fully saturated rings. The Bertz CT molecular complexity index is 1610. The second-order valence-electron chi connectivity index (χ2n) is 7.88. The smallest absolute Gasteiger partial charge is 0.318 e. The minimum absolute atomic E-state index is 0.0459. The first kappa shape index (κ1) is 23.6. The molecule has 0 spiro atoms. The lowest BCUT2D eigenvalue weighted by Gasteiger charge is -2.17. The van der Waals surface area contributed by atoms with E-state index >= 15 is 4.39 Å². The van der Waals surface area contributed by atoms with Crippen molar-refractivity contribution in [2.75, 3.05) is 25.3 Å². The number of nitrogens with zero attached hydrogens (tertiary/aromatic N) is 3. The Morgan fingerprint density at radius 2 is 1.97 bits per heavy atom. The quantitative estimate of drug-likeness (QED) is 0.382. The number of rotatable bonds is 5. The number of ether oxygens (including phenoxy) is 2. The van der Waals surface area contributed by atoms with Crippen molar-refractivity contribution in [1.82, 2.24) is 15.0 Å². The van der Waals surface area contributed by atoms with Crippen molar-refractivity contribution in [3.05, 3.63) is 41.5 Å². The molecule has 0 amide bonds. The number of hydrogen-bond acceptors (Lipinski definition) is 9. The molecule has 4 aromatic rings. The lowest BCUT2D eigenvalue weighted by molar-refractivity contribution is -0.111. The average molecular weight is 509 g/mol. The number of methoxy groups -OCH3 is 2. The van der Waals surface area contributed by atoms with Crippen LogP contribution in [0.5, 0.6) is 17.6 Å². The summed E-state index contributed by atoms with van der Waals surface area (Å²) in [5, 5.41) is 14.0. The van der Waals surface area contributed by atoms with Crippen LogP contribution in [0.1, 0.15) is 12.0 Å². The van der Waals surface area contributed by atoms with Crippen LogP contribution in [0.3, 0.4) is 0 Å². The highest BCUT2D eigenvalue weighted by atomic mass is 32.2. The van der Waals surface area contributed by atoms with Gasteiger partial charge in [0.15, 0.2) is 5.82 Å². The number of halogens is 2. The zero-order valence-corrected chi connectivity index (χ0v) is 19.9. The molecule has 2 aromatic heterocycles. The number of phenolic OH excluding ortho intramolecular Hbond substituents is 1. The fourth-order valence-electron chi connectivity index (χ4n) is 4.19. The third-order valence-corrected chi connectivity index (χ3v) is 6.81. The number of phenols is 1. The summed E-state index contributed by atoms with van der Waals surface area (Å²) in [6, 6.07) is 4.53. The molecule has 1 unspecified atom stereocenters. The Balaban J connectivity index is 1.84. The zero-order valence-electron chi connectivity index (χ0n) is 19.1. The number of benzene rings is 2. The number of anilines is 1. The normalized spacial score (nSPS) is 15.3. The van der Waals surface area contributed by atoms with Crippen molar-refractivity contribution in [3.63, 3.8) is 0 Å². The van der Waals surface area contributed by atoms with Crippen LogP contribution in [-0.2, 0) is 4.79 Å². The standard InChI is InChI=1S/C25H18F2N4O4S/c1-4-13-15(26)6-5-11-9-12(32)10-14(17(11)13)20-19(27)21-18(23(29-20)34-2)22(31-25(30-21)35-3)28-16-7-8-36-24(16)33/h1,5-6,9-10,16,32H,7-8H2,2-3H3,(H,28,30,31). The van der Waals surface area contributed by atoms with Gasteiger partial charge in [-0.25, -0.2) is 13.8 Å². The maximum absolute atomic E-state index is 16.2. The molecule has 182 valence electrons. The maximum atomic E-state index is 16.2. The molecule has 0 radical (unpaired) electrons. The Morgan fingerprint density at radius 3 is 2.64 bits per heavy atom. The van der Waals surface area contributed by atoms with Crippen LogP contribution in [0.25, 0.3) is 32.9 Å². The SMILES string of the molecule is C#Cc1c(F)ccc2cc(O)cc(-c3nc(OC)c4c(NC5CCSC5=O)nc(OC)nc4c3F)c12. The van der Waals surface area contributed by atoms with Gasteiger partial charge in [-0.15, -0.1) is 6.42 Å². The summed E-state index contributed by atoms with van der Waals surface area (Å²) >= 11 is 1.19. The second-order valence-corrected chi connectivity index (χ2v) is 8.98.